The molecule has 0 aliphatic carbocycles. The second kappa shape index (κ2) is 8.58. The standard InChI is InChI=1S/C18H19BrO4/c1-2-22-17(21)7-4-12-23-14-10-8-13(9-11-14)15-5-3-6-16(20)18(15)19/h3,5-6,8-11,20H,2,4,7,12H2,1H3. The van der Waals surface area contributed by atoms with E-state index in [0.717, 1.165) is 16.9 Å². The molecule has 0 atom stereocenters. The van der Waals surface area contributed by atoms with Crippen LogP contribution in [-0.2, 0) is 9.53 Å². The normalized spacial score (nSPS) is 10.3. The van der Waals surface area contributed by atoms with Crippen LogP contribution in [0.3, 0.4) is 0 Å². The summed E-state index contributed by atoms with van der Waals surface area (Å²) in [4.78, 5) is 11.2. The monoisotopic (exact) mass is 378 g/mol. The molecular weight excluding hydrogens is 360 g/mol. The summed E-state index contributed by atoms with van der Waals surface area (Å²) < 4.78 is 11.1. The van der Waals surface area contributed by atoms with Crippen LogP contribution in [0.25, 0.3) is 11.1 Å². The lowest BCUT2D eigenvalue weighted by Gasteiger charge is -2.09. The van der Waals surface area contributed by atoms with Crippen molar-refractivity contribution >= 4 is 21.9 Å². The Hall–Kier alpha value is -2.01. The van der Waals surface area contributed by atoms with Crippen LogP contribution in [0.1, 0.15) is 19.8 Å². The van der Waals surface area contributed by atoms with E-state index in [2.05, 4.69) is 15.9 Å². The largest absolute Gasteiger partial charge is 0.507 e. The van der Waals surface area contributed by atoms with Crippen LogP contribution in [-0.4, -0.2) is 24.3 Å². The van der Waals surface area contributed by atoms with Gasteiger partial charge in [-0.2, -0.15) is 0 Å². The molecule has 0 spiro atoms. The third-order valence-electron chi connectivity index (χ3n) is 3.24. The Kier molecular flexibility index (Phi) is 6.47. The Morgan fingerprint density at radius 2 is 1.91 bits per heavy atom. The fourth-order valence-corrected chi connectivity index (χ4v) is 2.61. The van der Waals surface area contributed by atoms with Crippen LogP contribution in [0.4, 0.5) is 0 Å². The van der Waals surface area contributed by atoms with Crippen molar-refractivity contribution in [1.82, 2.24) is 0 Å². The third-order valence-corrected chi connectivity index (χ3v) is 4.08. The zero-order valence-electron chi connectivity index (χ0n) is 12.9. The van der Waals surface area contributed by atoms with Gasteiger partial charge >= 0.3 is 5.97 Å². The predicted octanol–water partition coefficient (Wildman–Crippen LogP) is 4.54. The van der Waals surface area contributed by atoms with Gasteiger partial charge in [0.05, 0.1) is 17.7 Å². The van der Waals surface area contributed by atoms with Crippen LogP contribution in [0.15, 0.2) is 46.9 Å². The summed E-state index contributed by atoms with van der Waals surface area (Å²) in [5, 5.41) is 9.73. The number of phenols is 1. The lowest BCUT2D eigenvalue weighted by atomic mass is 10.1. The average Bonchev–Trinajstić information content (AvgIpc) is 2.55. The number of rotatable bonds is 7. The zero-order chi connectivity index (χ0) is 16.7. The van der Waals surface area contributed by atoms with Gasteiger partial charge in [-0.1, -0.05) is 24.3 Å². The fraction of sp³-hybridized carbons (Fsp3) is 0.278. The van der Waals surface area contributed by atoms with Crippen molar-refractivity contribution in [3.63, 3.8) is 0 Å². The molecule has 0 aromatic heterocycles. The maximum absolute atomic E-state index is 11.2. The van der Waals surface area contributed by atoms with Crippen molar-refractivity contribution in [3.05, 3.63) is 46.9 Å². The Morgan fingerprint density at radius 1 is 1.17 bits per heavy atom. The molecule has 5 heteroatoms. The average molecular weight is 379 g/mol. The van der Waals surface area contributed by atoms with E-state index in [1.165, 1.54) is 0 Å². The molecule has 2 aromatic carbocycles. The van der Waals surface area contributed by atoms with Gasteiger partial charge in [0.1, 0.15) is 11.5 Å². The highest BCUT2D eigenvalue weighted by molar-refractivity contribution is 9.10. The molecule has 0 saturated carbocycles. The second-order valence-corrected chi connectivity index (χ2v) is 5.71. The number of hydrogen-bond donors (Lipinski definition) is 1. The number of phenolic OH excluding ortho intramolecular Hbond substituents is 1. The van der Waals surface area contributed by atoms with E-state index >= 15 is 0 Å². The third kappa shape index (κ3) is 4.99. The molecule has 0 saturated heterocycles. The molecular formula is C18H19BrO4. The van der Waals surface area contributed by atoms with Crippen LogP contribution < -0.4 is 4.74 Å². The molecule has 0 aliphatic heterocycles. The number of halogens is 1. The van der Waals surface area contributed by atoms with Crippen LogP contribution in [0.5, 0.6) is 11.5 Å². The Morgan fingerprint density at radius 3 is 2.61 bits per heavy atom. The number of benzene rings is 2. The molecule has 122 valence electrons. The van der Waals surface area contributed by atoms with E-state index < -0.39 is 0 Å². The number of carbonyl (C=O) groups is 1. The van der Waals surface area contributed by atoms with Crippen LogP contribution in [0.2, 0.25) is 0 Å². The number of aromatic hydroxyl groups is 1. The highest BCUT2D eigenvalue weighted by Crippen LogP contribution is 2.35. The summed E-state index contributed by atoms with van der Waals surface area (Å²) in [6.45, 7) is 2.67. The van der Waals surface area contributed by atoms with E-state index in [9.17, 15) is 9.90 Å². The molecule has 2 rings (SSSR count). The predicted molar refractivity (Wildman–Crippen MR) is 92.6 cm³/mol. The topological polar surface area (TPSA) is 55.8 Å². The van der Waals surface area contributed by atoms with E-state index in [4.69, 9.17) is 9.47 Å². The molecule has 0 radical (unpaired) electrons. The van der Waals surface area contributed by atoms with Crippen molar-refractivity contribution in [2.45, 2.75) is 19.8 Å². The second-order valence-electron chi connectivity index (χ2n) is 4.92. The summed E-state index contributed by atoms with van der Waals surface area (Å²) in [5.41, 5.74) is 1.89. The zero-order valence-corrected chi connectivity index (χ0v) is 14.5. The van der Waals surface area contributed by atoms with Crippen LogP contribution >= 0.6 is 15.9 Å². The summed E-state index contributed by atoms with van der Waals surface area (Å²) in [6, 6.07) is 13.0. The van der Waals surface area contributed by atoms with Gasteiger partial charge in [-0.05, 0) is 58.6 Å². The number of hydrogen-bond acceptors (Lipinski definition) is 4. The van der Waals surface area contributed by atoms with Crippen LogP contribution in [0, 0.1) is 0 Å². The van der Waals surface area contributed by atoms with E-state index in [0.29, 0.717) is 30.5 Å². The summed E-state index contributed by atoms with van der Waals surface area (Å²) >= 11 is 3.39. The van der Waals surface area contributed by atoms with Gasteiger partial charge in [0.25, 0.3) is 0 Å². The number of ether oxygens (including phenoxy) is 2. The first-order chi connectivity index (χ1) is 11.1. The number of esters is 1. The minimum Gasteiger partial charge on any atom is -0.507 e. The number of carbonyl (C=O) groups excluding carboxylic acids is 1. The molecule has 0 heterocycles. The molecule has 2 aromatic rings. The maximum Gasteiger partial charge on any atom is 0.305 e. The van der Waals surface area contributed by atoms with Crippen molar-refractivity contribution in [2.24, 2.45) is 0 Å². The van der Waals surface area contributed by atoms with Crippen molar-refractivity contribution in [1.29, 1.82) is 0 Å². The summed E-state index contributed by atoms with van der Waals surface area (Å²) in [5.74, 6) is 0.760. The van der Waals surface area contributed by atoms with Gasteiger partial charge < -0.3 is 14.6 Å². The van der Waals surface area contributed by atoms with Crippen molar-refractivity contribution in [3.8, 4) is 22.6 Å². The first-order valence-corrected chi connectivity index (χ1v) is 8.27. The minimum absolute atomic E-state index is 0.194. The van der Waals surface area contributed by atoms with Gasteiger partial charge in [-0.3, -0.25) is 4.79 Å². The van der Waals surface area contributed by atoms with Gasteiger partial charge in [0.15, 0.2) is 0 Å². The van der Waals surface area contributed by atoms with Gasteiger partial charge in [0, 0.05) is 6.42 Å². The molecule has 0 amide bonds. The molecule has 23 heavy (non-hydrogen) atoms. The molecule has 0 unspecified atom stereocenters. The quantitative estimate of drug-likeness (QED) is 0.567. The summed E-state index contributed by atoms with van der Waals surface area (Å²) in [6.07, 6.45) is 0.987. The Labute approximate surface area is 144 Å². The van der Waals surface area contributed by atoms with Crippen molar-refractivity contribution in [2.75, 3.05) is 13.2 Å². The lowest BCUT2D eigenvalue weighted by molar-refractivity contribution is -0.143. The minimum atomic E-state index is -0.194. The first-order valence-electron chi connectivity index (χ1n) is 7.48. The van der Waals surface area contributed by atoms with E-state index in [-0.39, 0.29) is 11.7 Å². The van der Waals surface area contributed by atoms with Gasteiger partial charge in [0.2, 0.25) is 0 Å². The smallest absolute Gasteiger partial charge is 0.305 e. The van der Waals surface area contributed by atoms with Gasteiger partial charge in [-0.25, -0.2) is 0 Å². The Bertz CT molecular complexity index is 653. The lowest BCUT2D eigenvalue weighted by Crippen LogP contribution is -2.06. The maximum atomic E-state index is 11.2. The van der Waals surface area contributed by atoms with Crippen molar-refractivity contribution < 1.29 is 19.4 Å². The molecule has 0 bridgehead atoms. The summed E-state index contributed by atoms with van der Waals surface area (Å²) in [7, 11) is 0. The SMILES string of the molecule is CCOC(=O)CCCOc1ccc(-c2cccc(O)c2Br)cc1. The highest BCUT2D eigenvalue weighted by Gasteiger charge is 2.07. The van der Waals surface area contributed by atoms with E-state index in [1.807, 2.05) is 30.3 Å². The van der Waals surface area contributed by atoms with E-state index in [1.54, 1.807) is 19.1 Å². The molecule has 4 nitrogen and oxygen atoms in total. The Balaban J connectivity index is 1.90. The molecule has 0 aliphatic rings. The van der Waals surface area contributed by atoms with Gasteiger partial charge in [-0.15, -0.1) is 0 Å². The highest BCUT2D eigenvalue weighted by atomic mass is 79.9. The fourth-order valence-electron chi connectivity index (χ4n) is 2.11. The molecule has 1 N–H and O–H groups in total. The first kappa shape index (κ1) is 17.3. The molecule has 0 fully saturated rings.